The zero-order valence-corrected chi connectivity index (χ0v) is 29.3. The van der Waals surface area contributed by atoms with E-state index >= 15 is 0 Å². The summed E-state index contributed by atoms with van der Waals surface area (Å²) in [6.07, 6.45) is 0.666. The number of nitrogens with one attached hydrogen (secondary N) is 2. The first kappa shape index (κ1) is 33.7. The summed E-state index contributed by atoms with van der Waals surface area (Å²) in [5, 5.41) is 6.06. The summed E-state index contributed by atoms with van der Waals surface area (Å²) >= 11 is 0. The smallest absolute Gasteiger partial charge is 0.252 e. The fourth-order valence-corrected chi connectivity index (χ4v) is 7.90. The highest BCUT2D eigenvalue weighted by atomic mass is 16.1. The monoisotopic (exact) mass is 669 g/mol. The molecule has 6 aromatic rings. The molecule has 1 heterocycles. The molecule has 0 saturated heterocycles. The number of carbonyl (C=O) groups is 1. The second-order valence-electron chi connectivity index (χ2n) is 13.2. The van der Waals surface area contributed by atoms with Crippen molar-refractivity contribution >= 4 is 11.6 Å². The Morgan fingerprint density at radius 1 is 0.647 bits per heavy atom. The molecule has 0 bridgehead atoms. The number of allylic oxidation sites excluding steroid dienone is 1. The molecule has 0 saturated carbocycles. The molecule has 1 unspecified atom stereocenters. The Kier molecular flexibility index (Phi) is 9.93. The number of quaternary nitrogens is 1. The number of hydrogen-bond acceptors (Lipinski definition) is 3. The molecule has 5 nitrogen and oxygen atoms in total. The molecule has 1 amide bonds. The molecule has 1 aliphatic heterocycles. The first-order chi connectivity index (χ1) is 25.0. The van der Waals surface area contributed by atoms with Gasteiger partial charge in [-0.2, -0.15) is 4.59 Å². The van der Waals surface area contributed by atoms with Gasteiger partial charge in [-0.25, -0.2) is 0 Å². The van der Waals surface area contributed by atoms with E-state index in [4.69, 9.17) is 0 Å². The maximum absolute atomic E-state index is 14.7. The van der Waals surface area contributed by atoms with Gasteiger partial charge in [0, 0.05) is 24.5 Å². The molecular weight excluding hydrogens is 625 g/mol. The number of nitrogens with zero attached hydrogens (tertiary/aromatic N) is 2. The van der Waals surface area contributed by atoms with Crippen LogP contribution in [0.5, 0.6) is 0 Å². The summed E-state index contributed by atoms with van der Waals surface area (Å²) in [6.45, 7) is 5.90. The maximum Gasteiger partial charge on any atom is 0.252 e. The van der Waals surface area contributed by atoms with Crippen LogP contribution in [-0.4, -0.2) is 28.1 Å². The van der Waals surface area contributed by atoms with Crippen LogP contribution in [0.2, 0.25) is 0 Å². The Hall–Kier alpha value is -5.75. The molecule has 7 rings (SSSR count). The average molecular weight is 670 g/mol. The van der Waals surface area contributed by atoms with Gasteiger partial charge in [0.25, 0.3) is 5.91 Å². The van der Waals surface area contributed by atoms with Crippen molar-refractivity contribution in [2.45, 2.75) is 38.4 Å². The van der Waals surface area contributed by atoms with Gasteiger partial charge >= 0.3 is 0 Å². The molecule has 0 radical (unpaired) electrons. The van der Waals surface area contributed by atoms with E-state index in [1.807, 2.05) is 42.5 Å². The zero-order valence-electron chi connectivity index (χ0n) is 29.3. The third kappa shape index (κ3) is 6.62. The number of benzene rings is 6. The van der Waals surface area contributed by atoms with E-state index in [0.29, 0.717) is 29.7 Å². The van der Waals surface area contributed by atoms with Crippen LogP contribution in [-0.2, 0) is 18.5 Å². The summed E-state index contributed by atoms with van der Waals surface area (Å²) in [6, 6.07) is 62.3. The van der Waals surface area contributed by atoms with Gasteiger partial charge in [0.1, 0.15) is 23.8 Å². The van der Waals surface area contributed by atoms with Gasteiger partial charge in [0.05, 0.1) is 6.54 Å². The normalized spacial score (nSPS) is 16.5. The van der Waals surface area contributed by atoms with Crippen LogP contribution < -0.4 is 10.9 Å². The van der Waals surface area contributed by atoms with Gasteiger partial charge in [0.2, 0.25) is 0 Å². The Bertz CT molecular complexity index is 2010. The van der Waals surface area contributed by atoms with Crippen LogP contribution in [0, 0.1) is 0 Å². The largest absolute Gasteiger partial charge is 0.333 e. The van der Waals surface area contributed by atoms with Crippen molar-refractivity contribution in [1.29, 1.82) is 0 Å². The van der Waals surface area contributed by atoms with Crippen LogP contribution >= 0.6 is 0 Å². The molecule has 2 atom stereocenters. The molecule has 2 N–H and O–H groups in total. The third-order valence-electron chi connectivity index (χ3n) is 10.3. The predicted octanol–water partition coefficient (Wildman–Crippen LogP) is 9.13. The lowest BCUT2D eigenvalue weighted by atomic mass is 9.73. The van der Waals surface area contributed by atoms with E-state index in [1.54, 1.807) is 0 Å². The average Bonchev–Trinajstić information content (AvgIpc) is 3.48. The first-order valence-corrected chi connectivity index (χ1v) is 17.8. The third-order valence-corrected chi connectivity index (χ3v) is 10.3. The highest BCUT2D eigenvalue weighted by molar-refractivity contribution is 5.95. The minimum Gasteiger partial charge on any atom is -0.333 e. The van der Waals surface area contributed by atoms with Crippen molar-refractivity contribution < 1.29 is 9.39 Å². The van der Waals surface area contributed by atoms with Crippen molar-refractivity contribution in [3.8, 4) is 0 Å². The second-order valence-corrected chi connectivity index (χ2v) is 13.2. The van der Waals surface area contributed by atoms with Crippen LogP contribution in [0.3, 0.4) is 0 Å². The zero-order chi connectivity index (χ0) is 35.1. The van der Waals surface area contributed by atoms with Crippen LogP contribution in [0.25, 0.3) is 5.70 Å². The van der Waals surface area contributed by atoms with E-state index in [1.165, 1.54) is 16.8 Å². The number of likely N-dealkylation sites (N-methyl/N-ethyl adjacent to an activating group) is 1. The first-order valence-electron chi connectivity index (χ1n) is 17.8. The molecule has 0 spiro atoms. The van der Waals surface area contributed by atoms with E-state index < -0.39 is 5.54 Å². The molecule has 254 valence electrons. The lowest BCUT2D eigenvalue weighted by Crippen LogP contribution is -2.72. The van der Waals surface area contributed by atoms with Crippen molar-refractivity contribution in [1.82, 2.24) is 15.9 Å². The van der Waals surface area contributed by atoms with Crippen LogP contribution in [0.4, 0.5) is 0 Å². The van der Waals surface area contributed by atoms with Gasteiger partial charge in [-0.3, -0.25) is 9.80 Å². The van der Waals surface area contributed by atoms with E-state index in [-0.39, 0.29) is 11.9 Å². The van der Waals surface area contributed by atoms with Gasteiger partial charge in [-0.05, 0) is 41.3 Å². The van der Waals surface area contributed by atoms with Crippen LogP contribution in [0.15, 0.2) is 188 Å². The van der Waals surface area contributed by atoms with E-state index in [9.17, 15) is 4.79 Å². The van der Waals surface area contributed by atoms with E-state index in [0.717, 1.165) is 22.4 Å². The second kappa shape index (κ2) is 15.0. The Morgan fingerprint density at radius 2 is 1.10 bits per heavy atom. The summed E-state index contributed by atoms with van der Waals surface area (Å²) < 4.78 is 0.408. The van der Waals surface area contributed by atoms with Crippen molar-refractivity contribution in [3.05, 3.63) is 221 Å². The van der Waals surface area contributed by atoms with E-state index in [2.05, 4.69) is 169 Å². The number of hydrogen-bond donors (Lipinski definition) is 2. The fraction of sp³-hybridized carbons (Fsp3) is 0.152. The Labute approximate surface area is 302 Å². The predicted molar refractivity (Wildman–Crippen MR) is 206 cm³/mol. The van der Waals surface area contributed by atoms with Crippen LogP contribution in [0.1, 0.15) is 52.0 Å². The van der Waals surface area contributed by atoms with Gasteiger partial charge in [-0.1, -0.05) is 175 Å². The Morgan fingerprint density at radius 3 is 1.61 bits per heavy atom. The number of rotatable bonds is 12. The lowest BCUT2D eigenvalue weighted by molar-refractivity contribution is -0.965. The topological polar surface area (TPSA) is 44.4 Å². The quantitative estimate of drug-likeness (QED) is 0.128. The standard InChI is InChI=1S/C46H44N4O/c1-3-50(36(2)44(39-26-14-6-15-27-39)49(48-50)35-38-24-12-5-13-25-38)43(34-37-22-10-4-11-23-37)46(41-30-18-8-19-31-41,42-32-20-9-21-33-42)47-45(51)40-28-16-7-17-29-40/h4-33,43,48H,3,34-35H2,1-2H3/p+1/t43-,50?/m0/s1. The van der Waals surface area contributed by atoms with Crippen molar-refractivity contribution in [2.24, 2.45) is 0 Å². The Balaban J connectivity index is 1.52. The minimum absolute atomic E-state index is 0.124. The lowest BCUT2D eigenvalue weighted by Gasteiger charge is -2.50. The van der Waals surface area contributed by atoms with Gasteiger partial charge in [-0.15, -0.1) is 0 Å². The number of carbonyl (C=O) groups excluding carboxylic acids is 1. The summed E-state index contributed by atoms with van der Waals surface area (Å²) in [4.78, 5) is 14.7. The highest BCUT2D eigenvalue weighted by Crippen LogP contribution is 2.46. The molecule has 0 aromatic heterocycles. The number of amides is 1. The molecule has 6 aromatic carbocycles. The summed E-state index contributed by atoms with van der Waals surface area (Å²) in [7, 11) is 0. The summed E-state index contributed by atoms with van der Waals surface area (Å²) in [5.74, 6) is -0.124. The molecule has 0 aliphatic carbocycles. The minimum atomic E-state index is -0.986. The molecule has 51 heavy (non-hydrogen) atoms. The number of hydrazine groups is 1. The maximum atomic E-state index is 14.7. The van der Waals surface area contributed by atoms with Crippen molar-refractivity contribution in [2.75, 3.05) is 6.54 Å². The molecular formula is C46H45N4O+. The highest BCUT2D eigenvalue weighted by Gasteiger charge is 2.59. The van der Waals surface area contributed by atoms with Gasteiger partial charge in [0.15, 0.2) is 5.70 Å². The fourth-order valence-electron chi connectivity index (χ4n) is 7.90. The molecule has 5 heteroatoms. The SMILES string of the molecule is CC[N+]1([C@@H](Cc2ccccc2)C(NC(=O)c2ccccc2)(c2ccccc2)c2ccccc2)NN(Cc2ccccc2)C(c2ccccc2)=C1C. The van der Waals surface area contributed by atoms with Crippen molar-refractivity contribution in [3.63, 3.8) is 0 Å². The molecule has 0 fully saturated rings. The van der Waals surface area contributed by atoms with Gasteiger partial charge < -0.3 is 5.32 Å². The summed E-state index contributed by atoms with van der Waals surface area (Å²) in [5.41, 5.74) is 11.7. The molecule has 1 aliphatic rings.